The van der Waals surface area contributed by atoms with E-state index in [-0.39, 0.29) is 18.0 Å². The molecular weight excluding hydrogens is 356 g/mol. The molecule has 7 nitrogen and oxygen atoms in total. The van der Waals surface area contributed by atoms with E-state index in [1.165, 1.54) is 25.7 Å². The molecule has 1 aliphatic carbocycles. The molecule has 3 amide bonds. The maximum Gasteiger partial charge on any atom is 0.319 e. The number of morpholine rings is 1. The Labute approximate surface area is 167 Å². The second kappa shape index (κ2) is 11.0. The SMILES string of the molecule is O=C(Nc1ccc(C(=O)NCCN2CCOCC2)cc1)NC1CCCCCC1. The fourth-order valence-corrected chi connectivity index (χ4v) is 3.74. The van der Waals surface area contributed by atoms with Crippen LogP contribution in [-0.2, 0) is 4.74 Å². The average Bonchev–Trinajstić information content (AvgIpc) is 2.98. The van der Waals surface area contributed by atoms with Gasteiger partial charge in [0, 0.05) is 43.5 Å². The van der Waals surface area contributed by atoms with Gasteiger partial charge in [-0.15, -0.1) is 0 Å². The van der Waals surface area contributed by atoms with Gasteiger partial charge in [0.15, 0.2) is 0 Å². The number of carbonyl (C=O) groups excluding carboxylic acids is 2. The lowest BCUT2D eigenvalue weighted by Gasteiger charge is -2.26. The molecule has 0 unspecified atom stereocenters. The fourth-order valence-electron chi connectivity index (χ4n) is 3.74. The monoisotopic (exact) mass is 388 g/mol. The van der Waals surface area contributed by atoms with Crippen molar-refractivity contribution in [1.29, 1.82) is 0 Å². The molecule has 0 radical (unpaired) electrons. The van der Waals surface area contributed by atoms with E-state index in [1.807, 2.05) is 0 Å². The molecule has 2 aliphatic rings. The molecule has 1 saturated heterocycles. The van der Waals surface area contributed by atoms with E-state index in [4.69, 9.17) is 4.74 Å². The molecular formula is C21H32N4O3. The van der Waals surface area contributed by atoms with Crippen LogP contribution in [0.2, 0.25) is 0 Å². The number of carbonyl (C=O) groups is 2. The number of amides is 3. The van der Waals surface area contributed by atoms with Crippen molar-refractivity contribution in [2.45, 2.75) is 44.6 Å². The molecule has 28 heavy (non-hydrogen) atoms. The number of nitrogens with zero attached hydrogens (tertiary/aromatic N) is 1. The number of benzene rings is 1. The highest BCUT2D eigenvalue weighted by Gasteiger charge is 2.15. The lowest BCUT2D eigenvalue weighted by Crippen LogP contribution is -2.41. The summed E-state index contributed by atoms with van der Waals surface area (Å²) in [5.74, 6) is -0.0947. The van der Waals surface area contributed by atoms with E-state index < -0.39 is 0 Å². The Bertz CT molecular complexity index is 621. The molecule has 1 aliphatic heterocycles. The van der Waals surface area contributed by atoms with Crippen molar-refractivity contribution < 1.29 is 14.3 Å². The van der Waals surface area contributed by atoms with Crippen LogP contribution in [-0.4, -0.2) is 62.3 Å². The van der Waals surface area contributed by atoms with E-state index in [0.717, 1.165) is 45.7 Å². The van der Waals surface area contributed by atoms with Crippen molar-refractivity contribution in [1.82, 2.24) is 15.5 Å². The zero-order chi connectivity index (χ0) is 19.6. The molecule has 1 aromatic carbocycles. The standard InChI is InChI=1S/C21H32N4O3/c26-20(22-11-12-25-13-15-28-16-14-25)17-7-9-19(10-8-17)24-21(27)23-18-5-3-1-2-4-6-18/h7-10,18H,1-6,11-16H2,(H,22,26)(H2,23,24,27). The van der Waals surface area contributed by atoms with Crippen LogP contribution in [0.3, 0.4) is 0 Å². The molecule has 0 aromatic heterocycles. The summed E-state index contributed by atoms with van der Waals surface area (Å²) in [4.78, 5) is 26.7. The molecule has 2 fully saturated rings. The number of ether oxygens (including phenoxy) is 1. The summed E-state index contributed by atoms with van der Waals surface area (Å²) >= 11 is 0. The van der Waals surface area contributed by atoms with Gasteiger partial charge in [-0.1, -0.05) is 25.7 Å². The summed E-state index contributed by atoms with van der Waals surface area (Å²) in [5, 5.41) is 8.87. The second-order valence-corrected chi connectivity index (χ2v) is 7.57. The third kappa shape index (κ3) is 6.80. The van der Waals surface area contributed by atoms with Crippen LogP contribution in [0.15, 0.2) is 24.3 Å². The lowest BCUT2D eigenvalue weighted by molar-refractivity contribution is 0.0383. The van der Waals surface area contributed by atoms with Crippen LogP contribution in [0.25, 0.3) is 0 Å². The van der Waals surface area contributed by atoms with Gasteiger partial charge in [-0.2, -0.15) is 0 Å². The third-order valence-electron chi connectivity index (χ3n) is 5.41. The first kappa shape index (κ1) is 20.6. The summed E-state index contributed by atoms with van der Waals surface area (Å²) in [6, 6.07) is 7.11. The van der Waals surface area contributed by atoms with Crippen LogP contribution in [0.1, 0.15) is 48.9 Å². The molecule has 0 spiro atoms. The van der Waals surface area contributed by atoms with Crippen LogP contribution in [0.5, 0.6) is 0 Å². The summed E-state index contributed by atoms with van der Waals surface area (Å²) in [7, 11) is 0. The Balaban J connectivity index is 1.39. The Morgan fingerprint density at radius 3 is 2.36 bits per heavy atom. The van der Waals surface area contributed by atoms with Crippen molar-refractivity contribution in [2.24, 2.45) is 0 Å². The molecule has 0 atom stereocenters. The molecule has 1 saturated carbocycles. The zero-order valence-corrected chi connectivity index (χ0v) is 16.5. The van der Waals surface area contributed by atoms with E-state index in [9.17, 15) is 9.59 Å². The van der Waals surface area contributed by atoms with Gasteiger partial charge in [-0.3, -0.25) is 9.69 Å². The van der Waals surface area contributed by atoms with Crippen LogP contribution in [0.4, 0.5) is 10.5 Å². The van der Waals surface area contributed by atoms with Gasteiger partial charge in [0.2, 0.25) is 0 Å². The molecule has 154 valence electrons. The Hall–Kier alpha value is -2.12. The molecule has 7 heteroatoms. The number of nitrogens with one attached hydrogen (secondary N) is 3. The van der Waals surface area contributed by atoms with Crippen molar-refractivity contribution in [3.8, 4) is 0 Å². The van der Waals surface area contributed by atoms with Crippen LogP contribution in [0, 0.1) is 0 Å². The van der Waals surface area contributed by atoms with E-state index in [1.54, 1.807) is 24.3 Å². The first-order valence-corrected chi connectivity index (χ1v) is 10.5. The molecule has 0 bridgehead atoms. The smallest absolute Gasteiger partial charge is 0.319 e. The summed E-state index contributed by atoms with van der Waals surface area (Å²) in [6.07, 6.45) is 6.99. The van der Waals surface area contributed by atoms with Gasteiger partial charge in [-0.05, 0) is 37.1 Å². The third-order valence-corrected chi connectivity index (χ3v) is 5.41. The number of hydrogen-bond acceptors (Lipinski definition) is 4. The van der Waals surface area contributed by atoms with Crippen LogP contribution >= 0.6 is 0 Å². The minimum atomic E-state index is -0.172. The van der Waals surface area contributed by atoms with Crippen LogP contribution < -0.4 is 16.0 Å². The largest absolute Gasteiger partial charge is 0.379 e. The molecule has 3 N–H and O–H groups in total. The summed E-state index contributed by atoms with van der Waals surface area (Å²) in [6.45, 7) is 4.80. The highest BCUT2D eigenvalue weighted by atomic mass is 16.5. The first-order chi connectivity index (χ1) is 13.7. The van der Waals surface area contributed by atoms with E-state index in [2.05, 4.69) is 20.9 Å². The van der Waals surface area contributed by atoms with Gasteiger partial charge in [0.1, 0.15) is 0 Å². The predicted octanol–water partition coefficient (Wildman–Crippen LogP) is 2.59. The Morgan fingerprint density at radius 1 is 1.00 bits per heavy atom. The van der Waals surface area contributed by atoms with Gasteiger partial charge < -0.3 is 20.7 Å². The Morgan fingerprint density at radius 2 is 1.68 bits per heavy atom. The van der Waals surface area contributed by atoms with Crippen molar-refractivity contribution in [2.75, 3.05) is 44.7 Å². The Kier molecular flexibility index (Phi) is 8.11. The van der Waals surface area contributed by atoms with Crippen molar-refractivity contribution in [3.63, 3.8) is 0 Å². The average molecular weight is 389 g/mol. The van der Waals surface area contributed by atoms with Crippen molar-refractivity contribution >= 4 is 17.6 Å². The minimum Gasteiger partial charge on any atom is -0.379 e. The first-order valence-electron chi connectivity index (χ1n) is 10.5. The molecule has 1 heterocycles. The number of rotatable bonds is 6. The summed E-state index contributed by atoms with van der Waals surface area (Å²) < 4.78 is 5.32. The highest BCUT2D eigenvalue weighted by Crippen LogP contribution is 2.17. The fraction of sp³-hybridized carbons (Fsp3) is 0.619. The van der Waals surface area contributed by atoms with Gasteiger partial charge in [0.25, 0.3) is 5.91 Å². The van der Waals surface area contributed by atoms with Gasteiger partial charge >= 0.3 is 6.03 Å². The molecule has 3 rings (SSSR count). The maximum atomic E-state index is 12.3. The minimum absolute atomic E-state index is 0.0947. The number of hydrogen-bond donors (Lipinski definition) is 3. The normalized spacial score (nSPS) is 18.9. The second-order valence-electron chi connectivity index (χ2n) is 7.57. The number of anilines is 1. The highest BCUT2D eigenvalue weighted by molar-refractivity contribution is 5.95. The molecule has 1 aromatic rings. The van der Waals surface area contributed by atoms with Gasteiger partial charge in [0.05, 0.1) is 13.2 Å². The zero-order valence-electron chi connectivity index (χ0n) is 16.5. The van der Waals surface area contributed by atoms with Gasteiger partial charge in [-0.25, -0.2) is 4.79 Å². The topological polar surface area (TPSA) is 82.7 Å². The van der Waals surface area contributed by atoms with E-state index >= 15 is 0 Å². The maximum absolute atomic E-state index is 12.3. The lowest BCUT2D eigenvalue weighted by atomic mass is 10.1. The van der Waals surface area contributed by atoms with E-state index in [0.29, 0.717) is 17.8 Å². The van der Waals surface area contributed by atoms with Crippen molar-refractivity contribution in [3.05, 3.63) is 29.8 Å². The summed E-state index contributed by atoms with van der Waals surface area (Å²) in [5.41, 5.74) is 1.28. The number of urea groups is 1. The quantitative estimate of drug-likeness (QED) is 0.654. The predicted molar refractivity (Wildman–Crippen MR) is 110 cm³/mol.